The normalized spacial score (nSPS) is 10.0. The molecule has 1 heterocycles. The number of amides is 1. The van der Waals surface area contributed by atoms with E-state index in [1.807, 2.05) is 0 Å². The van der Waals surface area contributed by atoms with Gasteiger partial charge in [-0.3, -0.25) is 9.78 Å². The number of carboxylic acids is 1. The Labute approximate surface area is 116 Å². The van der Waals surface area contributed by atoms with Gasteiger partial charge in [0.2, 0.25) is 0 Å². The molecule has 2 aromatic rings. The van der Waals surface area contributed by atoms with Crippen molar-refractivity contribution in [2.45, 2.75) is 6.42 Å². The predicted octanol–water partition coefficient (Wildman–Crippen LogP) is 1.75. The first-order valence-electron chi connectivity index (χ1n) is 6.19. The minimum atomic E-state index is -0.961. The van der Waals surface area contributed by atoms with E-state index in [2.05, 4.69) is 10.3 Å². The Morgan fingerprint density at radius 2 is 1.85 bits per heavy atom. The second-order valence-electron chi connectivity index (χ2n) is 4.18. The number of benzene rings is 1. The summed E-state index contributed by atoms with van der Waals surface area (Å²) in [7, 11) is 0. The zero-order valence-corrected chi connectivity index (χ0v) is 10.7. The summed E-state index contributed by atoms with van der Waals surface area (Å²) in [5.41, 5.74) is 1.31. The lowest BCUT2D eigenvalue weighted by Crippen LogP contribution is -2.26. The average molecular weight is 270 g/mol. The average Bonchev–Trinajstić information content (AvgIpc) is 2.48. The number of nitrogens with one attached hydrogen (secondary N) is 1. The van der Waals surface area contributed by atoms with Gasteiger partial charge in [-0.25, -0.2) is 4.79 Å². The first kappa shape index (κ1) is 13.7. The monoisotopic (exact) mass is 270 g/mol. The summed E-state index contributed by atoms with van der Waals surface area (Å²) in [6.07, 6.45) is 2.01. The third kappa shape index (κ3) is 3.41. The number of hydrogen-bond acceptors (Lipinski definition) is 3. The Kier molecular flexibility index (Phi) is 4.44. The minimum Gasteiger partial charge on any atom is -0.478 e. The summed E-state index contributed by atoms with van der Waals surface area (Å²) in [6, 6.07) is 11.9. The first-order valence-corrected chi connectivity index (χ1v) is 6.19. The predicted molar refractivity (Wildman–Crippen MR) is 73.7 cm³/mol. The van der Waals surface area contributed by atoms with Crippen molar-refractivity contribution in [1.29, 1.82) is 0 Å². The largest absolute Gasteiger partial charge is 0.478 e. The molecule has 0 aliphatic rings. The Morgan fingerprint density at radius 3 is 2.55 bits per heavy atom. The highest BCUT2D eigenvalue weighted by molar-refractivity contribution is 5.92. The van der Waals surface area contributed by atoms with Crippen LogP contribution in [0, 0.1) is 0 Å². The van der Waals surface area contributed by atoms with Crippen LogP contribution >= 0.6 is 0 Å². The van der Waals surface area contributed by atoms with E-state index in [1.54, 1.807) is 48.7 Å². The molecular formula is C15H14N2O3. The number of rotatable bonds is 5. The van der Waals surface area contributed by atoms with Crippen molar-refractivity contribution in [3.05, 3.63) is 65.5 Å². The maximum atomic E-state index is 11.8. The maximum Gasteiger partial charge on any atom is 0.335 e. The number of hydrogen-bond donors (Lipinski definition) is 2. The SMILES string of the molecule is O=C(NCCc1ccccc1C(=O)O)c1ccccn1. The van der Waals surface area contributed by atoms with Gasteiger partial charge in [0.1, 0.15) is 5.69 Å². The second kappa shape index (κ2) is 6.47. The molecule has 0 radical (unpaired) electrons. The van der Waals surface area contributed by atoms with Gasteiger partial charge in [0, 0.05) is 12.7 Å². The molecule has 0 spiro atoms. The Hall–Kier alpha value is -2.69. The van der Waals surface area contributed by atoms with Gasteiger partial charge < -0.3 is 10.4 Å². The number of carbonyl (C=O) groups is 2. The Morgan fingerprint density at radius 1 is 1.10 bits per heavy atom. The summed E-state index contributed by atoms with van der Waals surface area (Å²) < 4.78 is 0. The standard InChI is InChI=1S/C15H14N2O3/c18-14(13-7-3-4-9-16-13)17-10-8-11-5-1-2-6-12(11)15(19)20/h1-7,9H,8,10H2,(H,17,18)(H,19,20). The van der Waals surface area contributed by atoms with Crippen LogP contribution in [0.1, 0.15) is 26.4 Å². The van der Waals surface area contributed by atoms with Gasteiger partial charge in [-0.2, -0.15) is 0 Å². The molecule has 0 saturated carbocycles. The summed E-state index contributed by atoms with van der Waals surface area (Å²) >= 11 is 0. The van der Waals surface area contributed by atoms with Crippen molar-refractivity contribution in [3.63, 3.8) is 0 Å². The van der Waals surface area contributed by atoms with E-state index in [1.165, 1.54) is 0 Å². The molecule has 1 aromatic heterocycles. The lowest BCUT2D eigenvalue weighted by Gasteiger charge is -2.07. The van der Waals surface area contributed by atoms with Crippen molar-refractivity contribution >= 4 is 11.9 Å². The van der Waals surface area contributed by atoms with Gasteiger partial charge in [0.25, 0.3) is 5.91 Å². The minimum absolute atomic E-state index is 0.264. The number of aromatic nitrogens is 1. The molecule has 0 unspecified atom stereocenters. The van der Waals surface area contributed by atoms with E-state index in [0.29, 0.717) is 24.2 Å². The van der Waals surface area contributed by atoms with Crippen LogP contribution in [0.2, 0.25) is 0 Å². The number of carbonyl (C=O) groups excluding carboxylic acids is 1. The van der Waals surface area contributed by atoms with E-state index >= 15 is 0 Å². The molecule has 0 fully saturated rings. The van der Waals surface area contributed by atoms with Gasteiger partial charge in [0.15, 0.2) is 0 Å². The molecule has 0 atom stereocenters. The number of aromatic carboxylic acids is 1. The van der Waals surface area contributed by atoms with Crippen LogP contribution in [0.5, 0.6) is 0 Å². The van der Waals surface area contributed by atoms with Crippen molar-refractivity contribution in [1.82, 2.24) is 10.3 Å². The quantitative estimate of drug-likeness (QED) is 0.867. The lowest BCUT2D eigenvalue weighted by atomic mass is 10.0. The van der Waals surface area contributed by atoms with Crippen molar-refractivity contribution < 1.29 is 14.7 Å². The van der Waals surface area contributed by atoms with Crippen LogP contribution in [-0.4, -0.2) is 28.5 Å². The van der Waals surface area contributed by atoms with Crippen LogP contribution in [0.15, 0.2) is 48.7 Å². The van der Waals surface area contributed by atoms with E-state index in [9.17, 15) is 9.59 Å². The van der Waals surface area contributed by atoms with Crippen LogP contribution in [0.4, 0.5) is 0 Å². The van der Waals surface area contributed by atoms with Crippen LogP contribution in [0.3, 0.4) is 0 Å². The first-order chi connectivity index (χ1) is 9.68. The molecule has 5 nitrogen and oxygen atoms in total. The van der Waals surface area contributed by atoms with Crippen molar-refractivity contribution in [3.8, 4) is 0 Å². The van der Waals surface area contributed by atoms with E-state index in [-0.39, 0.29) is 11.5 Å². The van der Waals surface area contributed by atoms with Gasteiger partial charge in [-0.15, -0.1) is 0 Å². The topological polar surface area (TPSA) is 79.3 Å². The molecule has 102 valence electrons. The molecule has 0 bridgehead atoms. The molecule has 1 aromatic carbocycles. The van der Waals surface area contributed by atoms with Crippen molar-refractivity contribution in [2.75, 3.05) is 6.54 Å². The Bertz CT molecular complexity index is 612. The zero-order chi connectivity index (χ0) is 14.4. The number of nitrogens with zero attached hydrogens (tertiary/aromatic N) is 1. The number of pyridine rings is 1. The zero-order valence-electron chi connectivity index (χ0n) is 10.7. The Balaban J connectivity index is 1.94. The highest BCUT2D eigenvalue weighted by Gasteiger charge is 2.10. The van der Waals surface area contributed by atoms with Gasteiger partial charge in [-0.1, -0.05) is 24.3 Å². The van der Waals surface area contributed by atoms with Crippen LogP contribution < -0.4 is 5.32 Å². The summed E-state index contributed by atoms with van der Waals surface area (Å²) in [5, 5.41) is 11.8. The van der Waals surface area contributed by atoms with Gasteiger partial charge >= 0.3 is 5.97 Å². The van der Waals surface area contributed by atoms with Gasteiger partial charge in [0.05, 0.1) is 5.56 Å². The lowest BCUT2D eigenvalue weighted by molar-refractivity contribution is 0.0695. The molecule has 0 saturated heterocycles. The van der Waals surface area contributed by atoms with Gasteiger partial charge in [-0.05, 0) is 30.2 Å². The molecule has 5 heteroatoms. The molecular weight excluding hydrogens is 256 g/mol. The molecule has 1 amide bonds. The van der Waals surface area contributed by atoms with E-state index in [4.69, 9.17) is 5.11 Å². The third-order valence-electron chi connectivity index (χ3n) is 2.83. The van der Waals surface area contributed by atoms with E-state index in [0.717, 1.165) is 0 Å². The number of carboxylic acid groups (broad SMARTS) is 1. The highest BCUT2D eigenvalue weighted by atomic mass is 16.4. The fourth-order valence-electron chi connectivity index (χ4n) is 1.85. The summed E-state index contributed by atoms with van der Waals surface area (Å²) in [5.74, 6) is -1.23. The summed E-state index contributed by atoms with van der Waals surface area (Å²) in [4.78, 5) is 26.8. The fraction of sp³-hybridized carbons (Fsp3) is 0.133. The second-order valence-corrected chi connectivity index (χ2v) is 4.18. The van der Waals surface area contributed by atoms with Crippen molar-refractivity contribution in [2.24, 2.45) is 0 Å². The molecule has 20 heavy (non-hydrogen) atoms. The molecule has 0 aliphatic heterocycles. The molecule has 2 N–H and O–H groups in total. The fourth-order valence-corrected chi connectivity index (χ4v) is 1.85. The van der Waals surface area contributed by atoms with Crippen LogP contribution in [0.25, 0.3) is 0 Å². The molecule has 2 rings (SSSR count). The highest BCUT2D eigenvalue weighted by Crippen LogP contribution is 2.09. The molecule has 0 aliphatic carbocycles. The third-order valence-corrected chi connectivity index (χ3v) is 2.83. The summed E-state index contributed by atoms with van der Waals surface area (Å²) in [6.45, 7) is 0.361. The smallest absolute Gasteiger partial charge is 0.335 e. The van der Waals surface area contributed by atoms with E-state index < -0.39 is 5.97 Å². The van der Waals surface area contributed by atoms with Crippen LogP contribution in [-0.2, 0) is 6.42 Å². The maximum absolute atomic E-state index is 11.8.